The summed E-state index contributed by atoms with van der Waals surface area (Å²) in [5, 5.41) is 0. The van der Waals surface area contributed by atoms with Gasteiger partial charge in [0, 0.05) is 0 Å². The summed E-state index contributed by atoms with van der Waals surface area (Å²) in [5.41, 5.74) is 7.16. The van der Waals surface area contributed by atoms with Crippen LogP contribution in [0.2, 0.25) is 0 Å². The number of hydrogen-bond acceptors (Lipinski definition) is 1. The van der Waals surface area contributed by atoms with Crippen LogP contribution in [0.15, 0.2) is 48.1 Å². The number of rotatable bonds is 6. The number of benzene rings is 1. The van der Waals surface area contributed by atoms with Gasteiger partial charge in [-0.15, -0.1) is 0 Å². The van der Waals surface area contributed by atoms with Crippen molar-refractivity contribution in [3.63, 3.8) is 0 Å². The summed E-state index contributed by atoms with van der Waals surface area (Å²) in [6.45, 7) is 10.9. The van der Waals surface area contributed by atoms with Gasteiger partial charge in [-0.3, -0.25) is 0 Å². The van der Waals surface area contributed by atoms with Crippen molar-refractivity contribution in [3.8, 4) is 0 Å². The Balaban J connectivity index is 0. The Kier molecular flexibility index (Phi) is 17.6. The molecule has 0 saturated heterocycles. The molecule has 0 aliphatic carbocycles. The van der Waals surface area contributed by atoms with Gasteiger partial charge in [-0.2, -0.15) is 0 Å². The molecule has 1 unspecified atom stereocenters. The molecule has 1 atom stereocenters. The van der Waals surface area contributed by atoms with Crippen molar-refractivity contribution in [3.05, 3.63) is 59.4 Å². The van der Waals surface area contributed by atoms with E-state index < -0.39 is 0 Å². The van der Waals surface area contributed by atoms with Gasteiger partial charge in [0.05, 0.1) is 0 Å². The molecule has 23 heavy (non-hydrogen) atoms. The fourth-order valence-electron chi connectivity index (χ4n) is 1.82. The smallest absolute Gasteiger partial charge is 0.123 e. The highest BCUT2D eigenvalue weighted by atomic mass is 19.1. The van der Waals surface area contributed by atoms with E-state index in [1.807, 2.05) is 6.92 Å². The lowest BCUT2D eigenvalue weighted by molar-refractivity contribution is 0.562. The number of allylic oxidation sites excluding steroid dienone is 4. The fraction of sp³-hybridized carbons (Fsp3) is 0.524. The maximum Gasteiger partial charge on any atom is 0.123 e. The van der Waals surface area contributed by atoms with Gasteiger partial charge in [0.25, 0.3) is 0 Å². The second kappa shape index (κ2) is 17.0. The average molecular weight is 322 g/mol. The highest BCUT2D eigenvalue weighted by Gasteiger charge is 1.99. The molecule has 1 aromatic carbocycles. The van der Waals surface area contributed by atoms with Crippen molar-refractivity contribution < 1.29 is 4.39 Å². The molecule has 0 amide bonds. The lowest BCUT2D eigenvalue weighted by Gasteiger charge is -2.08. The summed E-state index contributed by atoms with van der Waals surface area (Å²) in [4.78, 5) is 0. The SMILES string of the molecule is C/C=C(\C=C/CC)CC(C)CC.CCc1ccc(F)cc1.CN. The summed E-state index contributed by atoms with van der Waals surface area (Å²) >= 11 is 0. The van der Waals surface area contributed by atoms with Gasteiger partial charge in [-0.1, -0.05) is 70.0 Å². The molecule has 1 nitrogen and oxygen atoms in total. The Morgan fingerprint density at radius 1 is 1.13 bits per heavy atom. The molecule has 0 aliphatic rings. The first-order valence-corrected chi connectivity index (χ1v) is 8.71. The zero-order valence-electron chi connectivity index (χ0n) is 15.9. The fourth-order valence-corrected chi connectivity index (χ4v) is 1.82. The Morgan fingerprint density at radius 3 is 2.09 bits per heavy atom. The van der Waals surface area contributed by atoms with E-state index in [-0.39, 0.29) is 5.82 Å². The summed E-state index contributed by atoms with van der Waals surface area (Å²) < 4.78 is 12.2. The molecule has 132 valence electrons. The molecule has 0 bridgehead atoms. The van der Waals surface area contributed by atoms with Crippen LogP contribution in [0.5, 0.6) is 0 Å². The van der Waals surface area contributed by atoms with Crippen LogP contribution in [-0.4, -0.2) is 7.05 Å². The van der Waals surface area contributed by atoms with Gasteiger partial charge < -0.3 is 5.73 Å². The van der Waals surface area contributed by atoms with Gasteiger partial charge >= 0.3 is 0 Å². The van der Waals surface area contributed by atoms with Crippen molar-refractivity contribution >= 4 is 0 Å². The standard InChI is InChI=1S/C12H22.C8H9F.CH5N/c1-5-8-9-12(7-3)10-11(4)6-2;1-2-7-3-5-8(9)6-4-7;1-2/h7-9,11H,5-6,10H2,1-4H3;3-6H,2H2,1H3;2H2,1H3/b9-8-,12-7+;;. The maximum atomic E-state index is 12.2. The number of nitrogens with two attached hydrogens (primary N) is 1. The highest BCUT2D eigenvalue weighted by Crippen LogP contribution is 2.15. The van der Waals surface area contributed by atoms with Crippen LogP contribution in [0.1, 0.15) is 59.4 Å². The van der Waals surface area contributed by atoms with E-state index in [4.69, 9.17) is 0 Å². The molecule has 0 saturated carbocycles. The molecule has 1 aromatic rings. The van der Waals surface area contributed by atoms with Crippen LogP contribution in [-0.2, 0) is 6.42 Å². The second-order valence-corrected chi connectivity index (χ2v) is 5.37. The third-order valence-electron chi connectivity index (χ3n) is 3.54. The van der Waals surface area contributed by atoms with Crippen molar-refractivity contribution in [1.29, 1.82) is 0 Å². The lowest BCUT2D eigenvalue weighted by Crippen LogP contribution is -1.92. The molecule has 0 fully saturated rings. The number of hydrogen-bond donors (Lipinski definition) is 1. The monoisotopic (exact) mass is 321 g/mol. The van der Waals surface area contributed by atoms with Crippen LogP contribution in [0.3, 0.4) is 0 Å². The summed E-state index contributed by atoms with van der Waals surface area (Å²) in [6, 6.07) is 6.57. The van der Waals surface area contributed by atoms with Crippen LogP contribution >= 0.6 is 0 Å². The zero-order valence-corrected chi connectivity index (χ0v) is 15.9. The van der Waals surface area contributed by atoms with Crippen LogP contribution in [0.25, 0.3) is 0 Å². The van der Waals surface area contributed by atoms with E-state index in [1.165, 1.54) is 43.2 Å². The summed E-state index contributed by atoms with van der Waals surface area (Å²) in [7, 11) is 1.50. The van der Waals surface area contributed by atoms with Crippen LogP contribution in [0, 0.1) is 11.7 Å². The summed E-state index contributed by atoms with van der Waals surface area (Å²) in [5.74, 6) is 0.657. The Labute approximate surface area is 143 Å². The van der Waals surface area contributed by atoms with E-state index in [9.17, 15) is 4.39 Å². The predicted molar refractivity (Wildman–Crippen MR) is 103 cm³/mol. The molecule has 0 aromatic heterocycles. The Hall–Kier alpha value is -1.41. The molecule has 1 rings (SSSR count). The first kappa shape index (κ1) is 23.9. The minimum absolute atomic E-state index is 0.160. The highest BCUT2D eigenvalue weighted by molar-refractivity contribution is 5.18. The number of aryl methyl sites for hydroxylation is 1. The molecule has 2 N–H and O–H groups in total. The molecule has 0 aliphatic heterocycles. The largest absolute Gasteiger partial charge is 0.333 e. The topological polar surface area (TPSA) is 26.0 Å². The molecule has 0 heterocycles. The van der Waals surface area contributed by atoms with Crippen molar-refractivity contribution in [1.82, 2.24) is 0 Å². The molecule has 2 heteroatoms. The second-order valence-electron chi connectivity index (χ2n) is 5.37. The zero-order chi connectivity index (χ0) is 18.1. The Bertz CT molecular complexity index is 418. The minimum Gasteiger partial charge on any atom is -0.333 e. The van der Waals surface area contributed by atoms with Gasteiger partial charge in [0.2, 0.25) is 0 Å². The van der Waals surface area contributed by atoms with Gasteiger partial charge in [0.15, 0.2) is 0 Å². The van der Waals surface area contributed by atoms with Gasteiger partial charge in [-0.05, 0) is 56.8 Å². The molecule has 0 spiro atoms. The van der Waals surface area contributed by atoms with Crippen molar-refractivity contribution in [2.75, 3.05) is 7.05 Å². The van der Waals surface area contributed by atoms with E-state index in [2.05, 4.69) is 51.7 Å². The molecular weight excluding hydrogens is 285 g/mol. The first-order valence-electron chi connectivity index (χ1n) is 8.71. The van der Waals surface area contributed by atoms with E-state index in [0.717, 1.165) is 18.8 Å². The van der Waals surface area contributed by atoms with E-state index in [0.29, 0.717) is 0 Å². The van der Waals surface area contributed by atoms with Crippen LogP contribution < -0.4 is 5.73 Å². The third kappa shape index (κ3) is 13.9. The van der Waals surface area contributed by atoms with Crippen LogP contribution in [0.4, 0.5) is 4.39 Å². The molecular formula is C21H36FN. The average Bonchev–Trinajstić information content (AvgIpc) is 2.61. The van der Waals surface area contributed by atoms with Gasteiger partial charge in [0.1, 0.15) is 5.82 Å². The van der Waals surface area contributed by atoms with Gasteiger partial charge in [-0.25, -0.2) is 4.39 Å². The molecule has 0 radical (unpaired) electrons. The number of halogens is 1. The summed E-state index contributed by atoms with van der Waals surface area (Å²) in [6.07, 6.45) is 11.3. The minimum atomic E-state index is -0.160. The lowest BCUT2D eigenvalue weighted by atomic mass is 9.98. The predicted octanol–water partition coefficient (Wildman–Crippen LogP) is 6.30. The van der Waals surface area contributed by atoms with E-state index >= 15 is 0 Å². The normalized spacial score (nSPS) is 12.1. The van der Waals surface area contributed by atoms with Crippen molar-refractivity contribution in [2.24, 2.45) is 11.7 Å². The maximum absolute atomic E-state index is 12.2. The quantitative estimate of drug-likeness (QED) is 0.611. The Morgan fingerprint density at radius 2 is 1.70 bits per heavy atom. The third-order valence-corrected chi connectivity index (χ3v) is 3.54. The first-order chi connectivity index (χ1) is 11.1. The van der Waals surface area contributed by atoms with Crippen molar-refractivity contribution in [2.45, 2.75) is 60.3 Å². The van der Waals surface area contributed by atoms with E-state index in [1.54, 1.807) is 12.1 Å².